The first kappa shape index (κ1) is 18.4. The van der Waals surface area contributed by atoms with E-state index in [1.165, 1.54) is 16.2 Å². The molecule has 0 aliphatic rings. The minimum absolute atomic E-state index is 0.0164. The van der Waals surface area contributed by atoms with E-state index in [1.54, 1.807) is 12.0 Å². The van der Waals surface area contributed by atoms with Crippen molar-refractivity contribution < 1.29 is 14.4 Å². The van der Waals surface area contributed by atoms with Gasteiger partial charge in [0.1, 0.15) is 5.75 Å². The summed E-state index contributed by atoms with van der Waals surface area (Å²) in [7, 11) is 5.80. The minimum atomic E-state index is -0.0164. The second-order valence-corrected chi connectivity index (χ2v) is 7.62. The van der Waals surface area contributed by atoms with E-state index in [1.807, 2.05) is 49.4 Å². The first-order chi connectivity index (χ1) is 12.5. The SMILES string of the molecule is COc1ccc2sc(N(CC[NH+](C)C)C(=O)c3ccc(C)cc3)nc2c1. The molecule has 0 aliphatic heterocycles. The number of nitrogens with zero attached hydrogens (tertiary/aromatic N) is 2. The molecule has 0 atom stereocenters. The van der Waals surface area contributed by atoms with E-state index in [9.17, 15) is 4.79 Å². The number of thiazole rings is 1. The zero-order valence-corrected chi connectivity index (χ0v) is 16.4. The molecule has 0 saturated heterocycles. The Kier molecular flexibility index (Phi) is 5.54. The van der Waals surface area contributed by atoms with E-state index in [0.29, 0.717) is 12.1 Å². The zero-order valence-electron chi connectivity index (χ0n) is 15.6. The van der Waals surface area contributed by atoms with Crippen LogP contribution >= 0.6 is 11.3 Å². The van der Waals surface area contributed by atoms with Crippen LogP contribution in [0.15, 0.2) is 42.5 Å². The molecule has 2 aromatic carbocycles. The van der Waals surface area contributed by atoms with Crippen LogP contribution in [-0.2, 0) is 0 Å². The van der Waals surface area contributed by atoms with Crippen molar-refractivity contribution in [3.05, 3.63) is 53.6 Å². The van der Waals surface area contributed by atoms with Gasteiger partial charge in [0.05, 0.1) is 44.5 Å². The minimum Gasteiger partial charge on any atom is -0.497 e. The molecule has 3 rings (SSSR count). The molecule has 0 saturated carbocycles. The summed E-state index contributed by atoms with van der Waals surface area (Å²) in [6.07, 6.45) is 0. The van der Waals surface area contributed by atoms with E-state index in [-0.39, 0.29) is 5.91 Å². The monoisotopic (exact) mass is 370 g/mol. The summed E-state index contributed by atoms with van der Waals surface area (Å²) in [6, 6.07) is 13.5. The van der Waals surface area contributed by atoms with E-state index >= 15 is 0 Å². The number of rotatable bonds is 6. The molecule has 1 heterocycles. The summed E-state index contributed by atoms with van der Waals surface area (Å²) in [4.78, 5) is 20.9. The average molecular weight is 370 g/mol. The Labute approximate surface area is 157 Å². The van der Waals surface area contributed by atoms with E-state index < -0.39 is 0 Å². The number of quaternary nitrogens is 1. The maximum atomic E-state index is 13.1. The van der Waals surface area contributed by atoms with Crippen molar-refractivity contribution in [2.45, 2.75) is 6.92 Å². The number of methoxy groups -OCH3 is 1. The number of amides is 1. The molecule has 6 heteroatoms. The van der Waals surface area contributed by atoms with Crippen molar-refractivity contribution in [1.29, 1.82) is 0 Å². The van der Waals surface area contributed by atoms with Gasteiger partial charge in [0.25, 0.3) is 5.91 Å². The molecular formula is C20H24N3O2S+. The number of benzene rings is 2. The van der Waals surface area contributed by atoms with Crippen LogP contribution in [0.2, 0.25) is 0 Å². The van der Waals surface area contributed by atoms with Crippen LogP contribution < -0.4 is 14.5 Å². The molecule has 0 radical (unpaired) electrons. The van der Waals surface area contributed by atoms with Crippen molar-refractivity contribution in [1.82, 2.24) is 4.98 Å². The number of aromatic nitrogens is 1. The molecule has 0 fully saturated rings. The van der Waals surface area contributed by atoms with E-state index in [2.05, 4.69) is 14.1 Å². The van der Waals surface area contributed by atoms with Gasteiger partial charge in [-0.25, -0.2) is 4.98 Å². The highest BCUT2D eigenvalue weighted by atomic mass is 32.1. The normalized spacial score (nSPS) is 11.1. The third-order valence-corrected chi connectivity index (χ3v) is 5.25. The molecular weight excluding hydrogens is 346 g/mol. The van der Waals surface area contributed by atoms with Gasteiger partial charge in [-0.05, 0) is 31.2 Å². The maximum absolute atomic E-state index is 13.1. The van der Waals surface area contributed by atoms with Crippen molar-refractivity contribution in [2.75, 3.05) is 39.2 Å². The van der Waals surface area contributed by atoms with Crippen molar-refractivity contribution in [3.63, 3.8) is 0 Å². The van der Waals surface area contributed by atoms with Gasteiger partial charge in [0.15, 0.2) is 5.13 Å². The Morgan fingerprint density at radius 1 is 1.19 bits per heavy atom. The lowest BCUT2D eigenvalue weighted by Crippen LogP contribution is -3.06. The number of fused-ring (bicyclic) bond motifs is 1. The average Bonchev–Trinajstić information content (AvgIpc) is 3.04. The summed E-state index contributed by atoms with van der Waals surface area (Å²) in [5.74, 6) is 0.751. The molecule has 1 N–H and O–H groups in total. The Hall–Kier alpha value is -2.44. The summed E-state index contributed by atoms with van der Waals surface area (Å²) in [6.45, 7) is 3.48. The number of hydrogen-bond donors (Lipinski definition) is 1. The Morgan fingerprint density at radius 2 is 1.92 bits per heavy atom. The predicted octanol–water partition coefficient (Wildman–Crippen LogP) is 2.40. The first-order valence-corrected chi connectivity index (χ1v) is 9.41. The van der Waals surface area contributed by atoms with Crippen LogP contribution in [0.4, 0.5) is 5.13 Å². The molecule has 136 valence electrons. The number of carbonyl (C=O) groups excluding carboxylic acids is 1. The van der Waals surface area contributed by atoms with Crippen molar-refractivity contribution in [3.8, 4) is 5.75 Å². The zero-order chi connectivity index (χ0) is 18.7. The van der Waals surface area contributed by atoms with Crippen LogP contribution in [0, 0.1) is 6.92 Å². The summed E-state index contributed by atoms with van der Waals surface area (Å²) >= 11 is 1.53. The number of ether oxygens (including phenoxy) is 1. The highest BCUT2D eigenvalue weighted by molar-refractivity contribution is 7.22. The van der Waals surface area contributed by atoms with Crippen LogP contribution in [0.5, 0.6) is 5.75 Å². The van der Waals surface area contributed by atoms with Gasteiger partial charge >= 0.3 is 0 Å². The molecule has 3 aromatic rings. The predicted molar refractivity (Wildman–Crippen MR) is 107 cm³/mol. The number of likely N-dealkylation sites (N-methyl/N-ethyl adjacent to an activating group) is 1. The quantitative estimate of drug-likeness (QED) is 0.725. The van der Waals surface area contributed by atoms with Crippen molar-refractivity contribution in [2.24, 2.45) is 0 Å². The molecule has 1 amide bonds. The molecule has 5 nitrogen and oxygen atoms in total. The van der Waals surface area contributed by atoms with Gasteiger partial charge in [0.2, 0.25) is 0 Å². The van der Waals surface area contributed by atoms with Gasteiger partial charge in [-0.2, -0.15) is 0 Å². The number of carbonyl (C=O) groups is 1. The molecule has 0 aliphatic carbocycles. The number of hydrogen-bond acceptors (Lipinski definition) is 4. The van der Waals surface area contributed by atoms with Gasteiger partial charge in [-0.15, -0.1) is 0 Å². The lowest BCUT2D eigenvalue weighted by molar-refractivity contribution is -0.856. The molecule has 0 unspecified atom stereocenters. The van der Waals surface area contributed by atoms with Gasteiger partial charge in [-0.3, -0.25) is 9.69 Å². The molecule has 0 bridgehead atoms. The number of nitrogens with one attached hydrogen (secondary N) is 1. The second-order valence-electron chi connectivity index (χ2n) is 6.61. The van der Waals surface area contributed by atoms with E-state index in [4.69, 9.17) is 9.72 Å². The lowest BCUT2D eigenvalue weighted by Gasteiger charge is -2.20. The summed E-state index contributed by atoms with van der Waals surface area (Å²) in [5.41, 5.74) is 2.67. The Morgan fingerprint density at radius 3 is 2.58 bits per heavy atom. The largest absolute Gasteiger partial charge is 0.497 e. The fourth-order valence-electron chi connectivity index (χ4n) is 2.61. The second kappa shape index (κ2) is 7.85. The van der Waals surface area contributed by atoms with Crippen LogP contribution in [0.3, 0.4) is 0 Å². The third kappa shape index (κ3) is 4.03. The van der Waals surface area contributed by atoms with Crippen LogP contribution in [0.1, 0.15) is 15.9 Å². The Balaban J connectivity index is 1.97. The standard InChI is InChI=1S/C20H23N3O2S/c1-14-5-7-15(8-6-14)19(24)23(12-11-22(2)3)20-21-17-13-16(25-4)9-10-18(17)26-20/h5-10,13H,11-12H2,1-4H3/p+1. The third-order valence-electron chi connectivity index (χ3n) is 4.19. The number of aryl methyl sites for hydroxylation is 1. The van der Waals surface area contributed by atoms with Crippen molar-refractivity contribution >= 4 is 32.6 Å². The highest BCUT2D eigenvalue weighted by Gasteiger charge is 2.22. The summed E-state index contributed by atoms with van der Waals surface area (Å²) in [5, 5.41) is 0.722. The number of anilines is 1. The molecule has 0 spiro atoms. The van der Waals surface area contributed by atoms with Crippen LogP contribution in [-0.4, -0.2) is 45.2 Å². The fraction of sp³-hybridized carbons (Fsp3) is 0.300. The lowest BCUT2D eigenvalue weighted by atomic mass is 10.1. The molecule has 26 heavy (non-hydrogen) atoms. The fourth-order valence-corrected chi connectivity index (χ4v) is 3.58. The van der Waals surface area contributed by atoms with E-state index in [0.717, 1.165) is 33.2 Å². The van der Waals surface area contributed by atoms with Crippen LogP contribution in [0.25, 0.3) is 10.2 Å². The smallest absolute Gasteiger partial charge is 0.260 e. The van der Waals surface area contributed by atoms with Gasteiger partial charge in [0, 0.05) is 11.6 Å². The maximum Gasteiger partial charge on any atom is 0.260 e. The first-order valence-electron chi connectivity index (χ1n) is 8.60. The van der Waals surface area contributed by atoms with Gasteiger partial charge in [-0.1, -0.05) is 29.0 Å². The van der Waals surface area contributed by atoms with Gasteiger partial charge < -0.3 is 9.64 Å². The summed E-state index contributed by atoms with van der Waals surface area (Å²) < 4.78 is 6.32. The Bertz CT molecular complexity index is 903. The highest BCUT2D eigenvalue weighted by Crippen LogP contribution is 2.31. The topological polar surface area (TPSA) is 46.9 Å². The molecule has 1 aromatic heterocycles.